The molecule has 90 valence electrons. The number of carbonyl (C=O) groups is 1. The number of hydrogen-bond donors (Lipinski definition) is 2. The fourth-order valence-corrected chi connectivity index (χ4v) is 1.50. The number of pyridine rings is 1. The first-order valence-corrected chi connectivity index (χ1v) is 5.94. The Kier molecular flexibility index (Phi) is 6.28. The van der Waals surface area contributed by atoms with Gasteiger partial charge in [0.15, 0.2) is 5.25 Å². The normalized spacial score (nSPS) is 12.1. The van der Waals surface area contributed by atoms with Crippen molar-refractivity contribution in [1.29, 1.82) is 0 Å². The Bertz CT molecular complexity index is 376. The van der Waals surface area contributed by atoms with E-state index in [0.717, 1.165) is 0 Å². The Morgan fingerprint density at radius 3 is 1.88 bits per heavy atom. The maximum absolute atomic E-state index is 10.2. The standard InChI is InChI=1S/C5H5N.C4H8O5S/c1-2-4-6-5-3-1;1-2-3(4(5)6)10(7,8)9/h1-5H;3H,2H2,1H3,(H,5,6)(H,7,8,9). The first-order chi connectivity index (χ1) is 7.39. The lowest BCUT2D eigenvalue weighted by Gasteiger charge is -2.03. The lowest BCUT2D eigenvalue weighted by molar-refractivity contribution is -0.136. The SMILES string of the molecule is CCC(C(=O)O)S(=O)(=O)O.c1ccncc1. The zero-order valence-corrected chi connectivity index (χ0v) is 9.46. The quantitative estimate of drug-likeness (QED) is 0.766. The van der Waals surface area contributed by atoms with E-state index in [2.05, 4.69) is 4.98 Å². The molecule has 1 aromatic heterocycles. The summed E-state index contributed by atoms with van der Waals surface area (Å²) in [5, 5.41) is 6.48. The van der Waals surface area contributed by atoms with Gasteiger partial charge in [-0.15, -0.1) is 0 Å². The summed E-state index contributed by atoms with van der Waals surface area (Å²) in [5.74, 6) is -1.52. The second kappa shape index (κ2) is 6.91. The van der Waals surface area contributed by atoms with Gasteiger partial charge in [0, 0.05) is 12.4 Å². The van der Waals surface area contributed by atoms with Crippen LogP contribution in [0.15, 0.2) is 30.6 Å². The minimum Gasteiger partial charge on any atom is -0.480 e. The van der Waals surface area contributed by atoms with Gasteiger partial charge in [-0.3, -0.25) is 14.3 Å². The second-order valence-electron chi connectivity index (χ2n) is 2.77. The maximum Gasteiger partial charge on any atom is 0.324 e. The molecule has 1 rings (SSSR count). The minimum absolute atomic E-state index is 0.131. The van der Waals surface area contributed by atoms with E-state index in [1.807, 2.05) is 18.2 Å². The molecular weight excluding hydrogens is 234 g/mol. The summed E-state index contributed by atoms with van der Waals surface area (Å²) in [6.07, 6.45) is 3.37. The second-order valence-corrected chi connectivity index (χ2v) is 4.37. The van der Waals surface area contributed by atoms with Crippen molar-refractivity contribution in [1.82, 2.24) is 4.98 Å². The summed E-state index contributed by atoms with van der Waals surface area (Å²) in [6.45, 7) is 1.37. The number of aromatic nitrogens is 1. The Hall–Kier alpha value is -1.47. The highest BCUT2D eigenvalue weighted by molar-refractivity contribution is 7.87. The van der Waals surface area contributed by atoms with Crippen molar-refractivity contribution >= 4 is 16.1 Å². The van der Waals surface area contributed by atoms with Crippen LogP contribution in [0, 0.1) is 0 Å². The van der Waals surface area contributed by atoms with Gasteiger partial charge in [-0.1, -0.05) is 13.0 Å². The number of carboxylic acids is 1. The van der Waals surface area contributed by atoms with Crippen molar-refractivity contribution in [2.75, 3.05) is 0 Å². The molecule has 0 bridgehead atoms. The highest BCUT2D eigenvalue weighted by Crippen LogP contribution is 2.02. The predicted molar refractivity (Wildman–Crippen MR) is 57.5 cm³/mol. The van der Waals surface area contributed by atoms with E-state index in [0.29, 0.717) is 0 Å². The van der Waals surface area contributed by atoms with E-state index in [-0.39, 0.29) is 6.42 Å². The maximum atomic E-state index is 10.2. The third-order valence-electron chi connectivity index (χ3n) is 1.57. The van der Waals surface area contributed by atoms with Crippen molar-refractivity contribution in [2.45, 2.75) is 18.6 Å². The average Bonchev–Trinajstić information content (AvgIpc) is 2.19. The number of rotatable bonds is 3. The Morgan fingerprint density at radius 1 is 1.31 bits per heavy atom. The largest absolute Gasteiger partial charge is 0.480 e. The van der Waals surface area contributed by atoms with Crippen molar-refractivity contribution in [2.24, 2.45) is 0 Å². The molecule has 0 fully saturated rings. The molecule has 0 radical (unpaired) electrons. The third kappa shape index (κ3) is 6.10. The molecule has 0 aromatic carbocycles. The summed E-state index contributed by atoms with van der Waals surface area (Å²) in [4.78, 5) is 13.8. The van der Waals surface area contributed by atoms with Crippen LogP contribution in [0.2, 0.25) is 0 Å². The molecule has 1 aromatic rings. The van der Waals surface area contributed by atoms with Gasteiger partial charge in [0.1, 0.15) is 0 Å². The van der Waals surface area contributed by atoms with Gasteiger partial charge in [0.2, 0.25) is 0 Å². The van der Waals surface area contributed by atoms with Gasteiger partial charge in [-0.2, -0.15) is 8.42 Å². The van der Waals surface area contributed by atoms with E-state index in [1.54, 1.807) is 12.4 Å². The summed E-state index contributed by atoms with van der Waals surface area (Å²) >= 11 is 0. The zero-order chi connectivity index (χ0) is 12.6. The van der Waals surface area contributed by atoms with Gasteiger partial charge in [0.25, 0.3) is 10.1 Å². The summed E-state index contributed by atoms with van der Waals surface area (Å²) in [6, 6.07) is 5.72. The topological polar surface area (TPSA) is 105 Å². The van der Waals surface area contributed by atoms with Crippen LogP contribution in [0.3, 0.4) is 0 Å². The van der Waals surface area contributed by atoms with Crippen LogP contribution >= 0.6 is 0 Å². The van der Waals surface area contributed by atoms with Crippen molar-refractivity contribution < 1.29 is 22.9 Å². The fourth-order valence-electron chi connectivity index (χ4n) is 0.825. The Morgan fingerprint density at radius 2 is 1.81 bits per heavy atom. The molecule has 7 heteroatoms. The minimum atomic E-state index is -4.41. The van der Waals surface area contributed by atoms with Crippen molar-refractivity contribution in [3.63, 3.8) is 0 Å². The van der Waals surface area contributed by atoms with E-state index in [9.17, 15) is 13.2 Å². The fraction of sp³-hybridized carbons (Fsp3) is 0.333. The van der Waals surface area contributed by atoms with E-state index >= 15 is 0 Å². The van der Waals surface area contributed by atoms with Crippen LogP contribution in [-0.4, -0.2) is 34.3 Å². The number of hydrogen-bond acceptors (Lipinski definition) is 4. The summed E-state index contributed by atoms with van der Waals surface area (Å²) in [7, 11) is -4.41. The molecule has 0 saturated heterocycles. The lowest BCUT2D eigenvalue weighted by Crippen LogP contribution is -2.28. The van der Waals surface area contributed by atoms with E-state index < -0.39 is 21.3 Å². The molecule has 0 aliphatic rings. The molecule has 2 N–H and O–H groups in total. The van der Waals surface area contributed by atoms with Gasteiger partial charge >= 0.3 is 5.97 Å². The molecule has 1 heterocycles. The molecule has 0 aliphatic carbocycles. The molecule has 1 atom stereocenters. The average molecular weight is 247 g/mol. The lowest BCUT2D eigenvalue weighted by atomic mass is 10.3. The number of nitrogens with zero attached hydrogens (tertiary/aromatic N) is 1. The molecule has 0 aliphatic heterocycles. The third-order valence-corrected chi connectivity index (χ3v) is 2.83. The zero-order valence-electron chi connectivity index (χ0n) is 8.65. The van der Waals surface area contributed by atoms with E-state index in [1.165, 1.54) is 6.92 Å². The Labute approximate surface area is 93.7 Å². The van der Waals surface area contributed by atoms with Gasteiger partial charge in [-0.25, -0.2) is 0 Å². The van der Waals surface area contributed by atoms with E-state index in [4.69, 9.17) is 9.66 Å². The van der Waals surface area contributed by atoms with Gasteiger partial charge in [-0.05, 0) is 18.6 Å². The number of carboxylic acid groups (broad SMARTS) is 1. The van der Waals surface area contributed by atoms with Crippen LogP contribution in [0.4, 0.5) is 0 Å². The molecule has 6 nitrogen and oxygen atoms in total. The van der Waals surface area contributed by atoms with Crippen LogP contribution in [0.5, 0.6) is 0 Å². The van der Waals surface area contributed by atoms with Crippen LogP contribution in [0.1, 0.15) is 13.3 Å². The van der Waals surface area contributed by atoms with Gasteiger partial charge in [0.05, 0.1) is 0 Å². The molecule has 1 unspecified atom stereocenters. The van der Waals surface area contributed by atoms with Crippen molar-refractivity contribution in [3.8, 4) is 0 Å². The highest BCUT2D eigenvalue weighted by atomic mass is 32.2. The molecular formula is C9H13NO5S. The molecule has 0 saturated carbocycles. The first kappa shape index (κ1) is 14.5. The van der Waals surface area contributed by atoms with Crippen LogP contribution in [-0.2, 0) is 14.9 Å². The first-order valence-electron chi connectivity index (χ1n) is 4.43. The Balaban J connectivity index is 0.000000315. The van der Waals surface area contributed by atoms with Gasteiger partial charge < -0.3 is 5.11 Å². The molecule has 16 heavy (non-hydrogen) atoms. The predicted octanol–water partition coefficient (Wildman–Crippen LogP) is 0.819. The highest BCUT2D eigenvalue weighted by Gasteiger charge is 2.28. The van der Waals surface area contributed by atoms with Crippen molar-refractivity contribution in [3.05, 3.63) is 30.6 Å². The molecule has 0 spiro atoms. The van der Waals surface area contributed by atoms with Crippen LogP contribution < -0.4 is 0 Å². The monoisotopic (exact) mass is 247 g/mol. The van der Waals surface area contributed by atoms with Crippen LogP contribution in [0.25, 0.3) is 0 Å². The molecule has 0 amide bonds. The summed E-state index contributed by atoms with van der Waals surface area (Å²) < 4.78 is 28.6. The number of aliphatic carboxylic acids is 1. The smallest absolute Gasteiger partial charge is 0.324 e. The summed E-state index contributed by atoms with van der Waals surface area (Å²) in [5.41, 5.74) is 0.